The van der Waals surface area contributed by atoms with Gasteiger partial charge in [0.15, 0.2) is 0 Å². The van der Waals surface area contributed by atoms with Gasteiger partial charge >= 0.3 is 12.0 Å². The number of nitrogens with zero attached hydrogens (tertiary/aromatic N) is 1. The lowest BCUT2D eigenvalue weighted by Crippen LogP contribution is -2.39. The smallest absolute Gasteiger partial charge is 0.337 e. The number of hydrogen-bond acceptors (Lipinski definition) is 4. The molecule has 0 saturated carbocycles. The number of carbonyl (C=O) groups is 2. The molecule has 0 radical (unpaired) electrons. The number of ether oxygens (including phenoxy) is 2. The van der Waals surface area contributed by atoms with Crippen molar-refractivity contribution in [3.8, 4) is 0 Å². The second kappa shape index (κ2) is 7.79. The zero-order valence-corrected chi connectivity index (χ0v) is 13.0. The summed E-state index contributed by atoms with van der Waals surface area (Å²) in [5, 5.41) is 2.92. The summed E-state index contributed by atoms with van der Waals surface area (Å²) in [6, 6.07) is 6.93. The van der Waals surface area contributed by atoms with Gasteiger partial charge in [0.25, 0.3) is 0 Å². The molecule has 1 aliphatic rings. The van der Waals surface area contributed by atoms with Crippen molar-refractivity contribution in [2.24, 2.45) is 5.92 Å². The molecular weight excluding hydrogens is 284 g/mol. The van der Waals surface area contributed by atoms with Crippen molar-refractivity contribution in [3.05, 3.63) is 35.4 Å². The third kappa shape index (κ3) is 4.46. The summed E-state index contributed by atoms with van der Waals surface area (Å²) >= 11 is 0. The van der Waals surface area contributed by atoms with E-state index >= 15 is 0 Å². The van der Waals surface area contributed by atoms with Gasteiger partial charge in [0, 0.05) is 32.7 Å². The summed E-state index contributed by atoms with van der Waals surface area (Å²) in [4.78, 5) is 25.0. The summed E-state index contributed by atoms with van der Waals surface area (Å²) in [6.07, 6.45) is 0.999. The highest BCUT2D eigenvalue weighted by molar-refractivity contribution is 5.89. The molecule has 22 heavy (non-hydrogen) atoms. The molecule has 0 aromatic heterocycles. The van der Waals surface area contributed by atoms with Crippen molar-refractivity contribution in [2.75, 3.05) is 33.9 Å². The Morgan fingerprint density at radius 3 is 2.68 bits per heavy atom. The second-order valence-electron chi connectivity index (χ2n) is 5.46. The number of rotatable bonds is 5. The maximum atomic E-state index is 12.0. The molecule has 1 aliphatic heterocycles. The lowest BCUT2D eigenvalue weighted by Gasteiger charge is -2.19. The first-order valence-corrected chi connectivity index (χ1v) is 7.34. The molecule has 0 bridgehead atoms. The summed E-state index contributed by atoms with van der Waals surface area (Å²) in [5.41, 5.74) is 1.45. The summed E-state index contributed by atoms with van der Waals surface area (Å²) in [7, 11) is 3.10. The number of methoxy groups -OCH3 is 1. The number of nitrogens with one attached hydrogen (secondary N) is 1. The number of urea groups is 1. The minimum absolute atomic E-state index is 0.107. The molecule has 2 amide bonds. The monoisotopic (exact) mass is 306 g/mol. The van der Waals surface area contributed by atoms with Gasteiger partial charge in [-0.3, -0.25) is 0 Å². The molecular formula is C16H22N2O4. The topological polar surface area (TPSA) is 67.9 Å². The second-order valence-corrected chi connectivity index (χ2v) is 5.46. The van der Waals surface area contributed by atoms with Crippen molar-refractivity contribution < 1.29 is 19.1 Å². The first kappa shape index (κ1) is 16.3. The highest BCUT2D eigenvalue weighted by Gasteiger charge is 2.17. The van der Waals surface area contributed by atoms with Crippen molar-refractivity contribution in [2.45, 2.75) is 13.0 Å². The molecule has 0 unspecified atom stereocenters. The zero-order valence-electron chi connectivity index (χ0n) is 13.0. The molecule has 0 aliphatic carbocycles. The van der Waals surface area contributed by atoms with Crippen LogP contribution in [0.3, 0.4) is 0 Å². The minimum Gasteiger partial charge on any atom is -0.465 e. The molecule has 1 aromatic carbocycles. The molecule has 120 valence electrons. The Kier molecular flexibility index (Phi) is 5.77. The fraction of sp³-hybridized carbons (Fsp3) is 0.500. The first-order valence-electron chi connectivity index (χ1n) is 7.34. The Morgan fingerprint density at radius 1 is 1.36 bits per heavy atom. The van der Waals surface area contributed by atoms with Gasteiger partial charge in [0.2, 0.25) is 0 Å². The van der Waals surface area contributed by atoms with Gasteiger partial charge in [-0.2, -0.15) is 0 Å². The highest BCUT2D eigenvalue weighted by Crippen LogP contribution is 2.11. The van der Waals surface area contributed by atoms with Crippen molar-refractivity contribution in [3.63, 3.8) is 0 Å². The lowest BCUT2D eigenvalue weighted by molar-refractivity contribution is 0.0600. The third-order valence-corrected chi connectivity index (χ3v) is 3.71. The van der Waals surface area contributed by atoms with Crippen LogP contribution in [0.5, 0.6) is 0 Å². The Balaban J connectivity index is 1.81. The van der Waals surface area contributed by atoms with Gasteiger partial charge in [-0.1, -0.05) is 12.1 Å². The van der Waals surface area contributed by atoms with Gasteiger partial charge in [-0.25, -0.2) is 9.59 Å². The fourth-order valence-corrected chi connectivity index (χ4v) is 2.32. The SMILES string of the molecule is COC(=O)c1ccc(CN(C)C(=O)NC[C@@H]2CCOC2)cc1. The first-order chi connectivity index (χ1) is 10.6. The van der Waals surface area contributed by atoms with E-state index in [2.05, 4.69) is 10.1 Å². The number of esters is 1. The normalized spacial score (nSPS) is 17.1. The minimum atomic E-state index is -0.364. The Labute approximate surface area is 130 Å². The zero-order chi connectivity index (χ0) is 15.9. The van der Waals surface area contributed by atoms with Gasteiger partial charge in [-0.15, -0.1) is 0 Å². The van der Waals surface area contributed by atoms with Crippen LogP contribution in [0.2, 0.25) is 0 Å². The van der Waals surface area contributed by atoms with E-state index in [4.69, 9.17) is 4.74 Å². The van der Waals surface area contributed by atoms with Gasteiger partial charge < -0.3 is 19.7 Å². The van der Waals surface area contributed by atoms with Crippen LogP contribution in [0.15, 0.2) is 24.3 Å². The van der Waals surface area contributed by atoms with E-state index in [0.717, 1.165) is 25.2 Å². The Hall–Kier alpha value is -2.08. The molecule has 1 heterocycles. The van der Waals surface area contributed by atoms with Crippen molar-refractivity contribution in [1.82, 2.24) is 10.2 Å². The Morgan fingerprint density at radius 2 is 2.09 bits per heavy atom. The molecule has 1 fully saturated rings. The number of amides is 2. The van der Waals surface area contributed by atoms with Crippen LogP contribution < -0.4 is 5.32 Å². The third-order valence-electron chi connectivity index (χ3n) is 3.71. The largest absolute Gasteiger partial charge is 0.465 e. The van der Waals surface area contributed by atoms with Gasteiger partial charge in [0.1, 0.15) is 0 Å². The Bertz CT molecular complexity index is 509. The van der Waals surface area contributed by atoms with Crippen molar-refractivity contribution in [1.29, 1.82) is 0 Å². The molecule has 1 atom stereocenters. The average molecular weight is 306 g/mol. The van der Waals surface area contributed by atoms with Gasteiger partial charge in [0.05, 0.1) is 19.3 Å². The predicted octanol–water partition coefficient (Wildman–Crippen LogP) is 1.65. The van der Waals surface area contributed by atoms with E-state index in [1.165, 1.54) is 7.11 Å². The van der Waals surface area contributed by atoms with Crippen LogP contribution in [-0.2, 0) is 16.0 Å². The van der Waals surface area contributed by atoms with E-state index < -0.39 is 0 Å². The average Bonchev–Trinajstić information content (AvgIpc) is 3.06. The summed E-state index contributed by atoms with van der Waals surface area (Å²) < 4.78 is 9.94. The maximum absolute atomic E-state index is 12.0. The predicted molar refractivity (Wildman–Crippen MR) is 81.6 cm³/mol. The number of hydrogen-bond donors (Lipinski definition) is 1. The van der Waals surface area contributed by atoms with E-state index in [0.29, 0.717) is 24.6 Å². The fourth-order valence-electron chi connectivity index (χ4n) is 2.32. The molecule has 1 N–H and O–H groups in total. The van der Waals surface area contributed by atoms with Crippen LogP contribution in [0.25, 0.3) is 0 Å². The van der Waals surface area contributed by atoms with Crippen LogP contribution >= 0.6 is 0 Å². The van der Waals surface area contributed by atoms with Crippen LogP contribution in [0, 0.1) is 5.92 Å². The maximum Gasteiger partial charge on any atom is 0.337 e. The van der Waals surface area contributed by atoms with E-state index in [-0.39, 0.29) is 12.0 Å². The van der Waals surface area contributed by atoms with E-state index in [1.807, 2.05) is 12.1 Å². The molecule has 6 nitrogen and oxygen atoms in total. The van der Waals surface area contributed by atoms with Crippen molar-refractivity contribution >= 4 is 12.0 Å². The van der Waals surface area contributed by atoms with Crippen LogP contribution in [0.1, 0.15) is 22.3 Å². The molecule has 1 saturated heterocycles. The number of carbonyl (C=O) groups excluding carboxylic acids is 2. The van der Waals surface area contributed by atoms with Crippen LogP contribution in [-0.4, -0.2) is 50.8 Å². The summed E-state index contributed by atoms with van der Waals surface area (Å²) in [6.45, 7) is 2.63. The molecule has 0 spiro atoms. The standard InChI is InChI=1S/C16H22N2O4/c1-18(16(20)17-9-13-7-8-22-11-13)10-12-3-5-14(6-4-12)15(19)21-2/h3-6,13H,7-11H2,1-2H3,(H,17,20)/t13-/m0/s1. The lowest BCUT2D eigenvalue weighted by atomic mass is 10.1. The van der Waals surface area contributed by atoms with E-state index in [9.17, 15) is 9.59 Å². The number of benzene rings is 1. The quantitative estimate of drug-likeness (QED) is 0.840. The highest BCUT2D eigenvalue weighted by atomic mass is 16.5. The van der Waals surface area contributed by atoms with Crippen LogP contribution in [0.4, 0.5) is 4.79 Å². The molecule has 1 aromatic rings. The molecule has 2 rings (SSSR count). The molecule has 6 heteroatoms. The summed E-state index contributed by atoms with van der Waals surface area (Å²) in [5.74, 6) is 0.0492. The van der Waals surface area contributed by atoms with Gasteiger partial charge in [-0.05, 0) is 24.1 Å². The van der Waals surface area contributed by atoms with E-state index in [1.54, 1.807) is 24.1 Å².